The molecule has 116 valence electrons. The molecule has 4 heteroatoms. The van der Waals surface area contributed by atoms with Crippen molar-refractivity contribution in [3.8, 4) is 0 Å². The summed E-state index contributed by atoms with van der Waals surface area (Å²) in [5.41, 5.74) is 2.80. The van der Waals surface area contributed by atoms with Gasteiger partial charge in [0.1, 0.15) is 0 Å². The largest absolute Gasteiger partial charge is 0.370 e. The van der Waals surface area contributed by atoms with Crippen LogP contribution in [0.3, 0.4) is 0 Å². The van der Waals surface area contributed by atoms with Crippen LogP contribution in [-0.4, -0.2) is 44.2 Å². The lowest BCUT2D eigenvalue weighted by Crippen LogP contribution is -2.35. The number of nitrogens with one attached hydrogen (secondary N) is 1. The Bertz CT molecular complexity index is 485. The van der Waals surface area contributed by atoms with Crippen molar-refractivity contribution < 1.29 is 0 Å². The lowest BCUT2D eigenvalue weighted by Gasteiger charge is -2.27. The molecule has 0 amide bonds. The summed E-state index contributed by atoms with van der Waals surface area (Å²) in [5.74, 6) is 0. The van der Waals surface area contributed by atoms with Gasteiger partial charge in [0.05, 0.1) is 0 Å². The Labute approximate surface area is 136 Å². The lowest BCUT2D eigenvalue weighted by molar-refractivity contribution is 0.260. The molecule has 3 nitrogen and oxygen atoms in total. The molecule has 0 aliphatic carbocycles. The molecule has 2 saturated heterocycles. The van der Waals surface area contributed by atoms with Crippen LogP contribution in [0.15, 0.2) is 22.7 Å². The molecule has 2 heterocycles. The topological polar surface area (TPSA) is 18.5 Å². The second kappa shape index (κ2) is 6.67. The van der Waals surface area contributed by atoms with Gasteiger partial charge in [0.25, 0.3) is 0 Å². The molecule has 2 aliphatic rings. The van der Waals surface area contributed by atoms with Gasteiger partial charge in [-0.05, 0) is 70.1 Å². The van der Waals surface area contributed by atoms with E-state index in [1.165, 1.54) is 61.2 Å². The first-order valence-electron chi connectivity index (χ1n) is 8.14. The third-order valence-electron chi connectivity index (χ3n) is 5.05. The van der Waals surface area contributed by atoms with Crippen LogP contribution in [-0.2, 0) is 0 Å². The van der Waals surface area contributed by atoms with Gasteiger partial charge in [-0.15, -0.1) is 0 Å². The van der Waals surface area contributed by atoms with Gasteiger partial charge in [-0.2, -0.15) is 0 Å². The van der Waals surface area contributed by atoms with Gasteiger partial charge in [-0.1, -0.05) is 15.9 Å². The normalized spacial score (nSPS) is 24.7. The zero-order valence-corrected chi connectivity index (χ0v) is 14.7. The van der Waals surface area contributed by atoms with Gasteiger partial charge in [0.2, 0.25) is 0 Å². The van der Waals surface area contributed by atoms with Crippen molar-refractivity contribution in [3.05, 3.63) is 28.2 Å². The molecule has 2 atom stereocenters. The van der Waals surface area contributed by atoms with E-state index in [1.54, 1.807) is 0 Å². The van der Waals surface area contributed by atoms with Crippen LogP contribution in [0.1, 0.15) is 37.8 Å². The number of hydrogen-bond donors (Lipinski definition) is 1. The molecule has 0 saturated carbocycles. The summed E-state index contributed by atoms with van der Waals surface area (Å²) in [7, 11) is 2.03. The van der Waals surface area contributed by atoms with Gasteiger partial charge in [-0.25, -0.2) is 0 Å². The summed E-state index contributed by atoms with van der Waals surface area (Å²) in [6.07, 6.45) is 4.08. The van der Waals surface area contributed by atoms with E-state index in [-0.39, 0.29) is 0 Å². The predicted octanol–water partition coefficient (Wildman–Crippen LogP) is 3.40. The van der Waals surface area contributed by atoms with Crippen molar-refractivity contribution >= 4 is 21.6 Å². The molecule has 1 aromatic carbocycles. The average molecular weight is 352 g/mol. The fraction of sp³-hybridized carbons (Fsp3) is 0.647. The van der Waals surface area contributed by atoms with Crippen molar-refractivity contribution in [3.63, 3.8) is 0 Å². The Morgan fingerprint density at radius 3 is 2.71 bits per heavy atom. The van der Waals surface area contributed by atoms with E-state index >= 15 is 0 Å². The Morgan fingerprint density at radius 2 is 2.00 bits per heavy atom. The van der Waals surface area contributed by atoms with Crippen molar-refractivity contribution in [2.75, 3.05) is 38.1 Å². The second-order valence-corrected chi connectivity index (χ2v) is 7.26. The van der Waals surface area contributed by atoms with E-state index in [4.69, 9.17) is 0 Å². The van der Waals surface area contributed by atoms with Crippen LogP contribution in [0.2, 0.25) is 0 Å². The Balaban J connectivity index is 1.77. The number of halogens is 1. The van der Waals surface area contributed by atoms with Crippen LogP contribution in [0.4, 0.5) is 5.69 Å². The third kappa shape index (κ3) is 3.27. The van der Waals surface area contributed by atoms with Crippen LogP contribution >= 0.6 is 15.9 Å². The van der Waals surface area contributed by atoms with Gasteiger partial charge in [0.15, 0.2) is 0 Å². The molecule has 2 unspecified atom stereocenters. The van der Waals surface area contributed by atoms with E-state index in [1.807, 2.05) is 7.05 Å². The summed E-state index contributed by atoms with van der Waals surface area (Å²) in [6, 6.07) is 7.85. The van der Waals surface area contributed by atoms with Crippen molar-refractivity contribution in [1.82, 2.24) is 10.2 Å². The molecule has 1 N–H and O–H groups in total. The van der Waals surface area contributed by atoms with E-state index in [2.05, 4.69) is 56.2 Å². The number of anilines is 1. The number of hydrogen-bond acceptors (Lipinski definition) is 3. The first-order valence-corrected chi connectivity index (χ1v) is 8.94. The van der Waals surface area contributed by atoms with Crippen LogP contribution in [0.25, 0.3) is 0 Å². The lowest BCUT2D eigenvalue weighted by atomic mass is 10.1. The Kier molecular flexibility index (Phi) is 4.87. The minimum Gasteiger partial charge on any atom is -0.370 e. The van der Waals surface area contributed by atoms with Gasteiger partial charge >= 0.3 is 0 Å². The maximum atomic E-state index is 3.61. The second-order valence-electron chi connectivity index (χ2n) is 6.35. The zero-order chi connectivity index (χ0) is 14.8. The summed E-state index contributed by atoms with van der Waals surface area (Å²) >= 11 is 3.61. The van der Waals surface area contributed by atoms with Gasteiger partial charge < -0.3 is 10.2 Å². The highest BCUT2D eigenvalue weighted by Crippen LogP contribution is 2.33. The maximum absolute atomic E-state index is 3.61. The quantitative estimate of drug-likeness (QED) is 0.896. The standard InChI is InChI=1S/C17H26BrN3/c1-13(19-2)16-11-14(18)5-6-17(16)21-10-7-15(12-21)20-8-3-4-9-20/h5-6,11,13,15,19H,3-4,7-10,12H2,1-2H3. The highest BCUT2D eigenvalue weighted by Gasteiger charge is 2.30. The molecule has 0 spiro atoms. The SMILES string of the molecule is CNC(C)c1cc(Br)ccc1N1CCC(N2CCCC2)C1. The van der Waals surface area contributed by atoms with Gasteiger partial charge in [-0.3, -0.25) is 4.90 Å². The highest BCUT2D eigenvalue weighted by molar-refractivity contribution is 9.10. The predicted molar refractivity (Wildman–Crippen MR) is 93.0 cm³/mol. The number of rotatable bonds is 4. The Hall–Kier alpha value is -0.580. The van der Waals surface area contributed by atoms with E-state index in [0.717, 1.165) is 6.04 Å². The third-order valence-corrected chi connectivity index (χ3v) is 5.54. The van der Waals surface area contributed by atoms with Crippen molar-refractivity contribution in [1.29, 1.82) is 0 Å². The molecule has 21 heavy (non-hydrogen) atoms. The first-order chi connectivity index (χ1) is 10.2. The summed E-state index contributed by atoms with van der Waals surface area (Å²) < 4.78 is 1.17. The first kappa shape index (κ1) is 15.3. The smallest absolute Gasteiger partial charge is 0.0415 e. The van der Waals surface area contributed by atoms with Crippen LogP contribution in [0, 0.1) is 0 Å². The highest BCUT2D eigenvalue weighted by atomic mass is 79.9. The fourth-order valence-corrected chi connectivity index (χ4v) is 4.06. The molecular weight excluding hydrogens is 326 g/mol. The number of likely N-dealkylation sites (tertiary alicyclic amines) is 1. The minimum atomic E-state index is 0.378. The molecule has 0 radical (unpaired) electrons. The summed E-state index contributed by atoms with van der Waals surface area (Å²) in [4.78, 5) is 5.28. The molecule has 0 aromatic heterocycles. The average Bonchev–Trinajstić information content (AvgIpc) is 3.16. The van der Waals surface area contributed by atoms with E-state index in [9.17, 15) is 0 Å². The summed E-state index contributed by atoms with van der Waals surface area (Å²) in [5, 5.41) is 3.38. The molecule has 2 fully saturated rings. The van der Waals surface area contributed by atoms with Crippen LogP contribution < -0.4 is 10.2 Å². The van der Waals surface area contributed by atoms with Crippen LogP contribution in [0.5, 0.6) is 0 Å². The maximum Gasteiger partial charge on any atom is 0.0415 e. The van der Waals surface area contributed by atoms with E-state index < -0.39 is 0 Å². The van der Waals surface area contributed by atoms with Crippen molar-refractivity contribution in [2.45, 2.75) is 38.3 Å². The summed E-state index contributed by atoms with van der Waals surface area (Å²) in [6.45, 7) is 7.22. The van der Waals surface area contributed by atoms with Crippen molar-refractivity contribution in [2.24, 2.45) is 0 Å². The fourth-order valence-electron chi connectivity index (χ4n) is 3.68. The Morgan fingerprint density at radius 1 is 1.24 bits per heavy atom. The zero-order valence-electron chi connectivity index (χ0n) is 13.1. The monoisotopic (exact) mass is 351 g/mol. The number of nitrogens with zero attached hydrogens (tertiary/aromatic N) is 2. The molecule has 3 rings (SSSR count). The van der Waals surface area contributed by atoms with E-state index in [0.29, 0.717) is 6.04 Å². The molecule has 0 bridgehead atoms. The van der Waals surface area contributed by atoms with Gasteiger partial charge in [0, 0.05) is 35.3 Å². The molecular formula is C17H26BrN3. The number of benzene rings is 1. The molecule has 1 aromatic rings. The molecule has 2 aliphatic heterocycles. The minimum absolute atomic E-state index is 0.378.